The number of fused-ring (bicyclic) bond motifs is 8. The molecule has 6 nitrogen and oxygen atoms in total. The highest BCUT2D eigenvalue weighted by atomic mass is 32.2. The average molecular weight is 451 g/mol. The third-order valence-corrected chi connectivity index (χ3v) is 6.49. The summed E-state index contributed by atoms with van der Waals surface area (Å²) in [6, 6.07) is 18.6. The molecule has 0 unspecified atom stereocenters. The number of phenols is 2. The van der Waals surface area contributed by atoms with Crippen LogP contribution in [0.25, 0.3) is 46.4 Å². The lowest BCUT2D eigenvalue weighted by Crippen LogP contribution is -1.87. The molecule has 0 spiro atoms. The summed E-state index contributed by atoms with van der Waals surface area (Å²) < 4.78 is 0. The van der Waals surface area contributed by atoms with Crippen LogP contribution in [0.5, 0.6) is 11.5 Å². The monoisotopic (exact) mass is 450 g/mol. The van der Waals surface area contributed by atoms with Gasteiger partial charge in [0.2, 0.25) is 0 Å². The number of nitrogens with zero attached hydrogens (tertiary/aromatic N) is 2. The van der Waals surface area contributed by atoms with Crippen molar-refractivity contribution in [3.8, 4) is 11.5 Å². The highest BCUT2D eigenvalue weighted by Gasteiger charge is 2.15. The van der Waals surface area contributed by atoms with E-state index in [2.05, 4.69) is 16.0 Å². The predicted octanol–water partition coefficient (Wildman–Crippen LogP) is 6.22. The van der Waals surface area contributed by atoms with Crippen LogP contribution >= 0.6 is 11.8 Å². The van der Waals surface area contributed by atoms with Crippen molar-refractivity contribution in [2.75, 3.05) is 0 Å². The van der Waals surface area contributed by atoms with Crippen LogP contribution in [0.4, 0.5) is 0 Å². The zero-order chi connectivity index (χ0) is 22.4. The number of benzene rings is 1. The van der Waals surface area contributed by atoms with Crippen molar-refractivity contribution in [2.24, 2.45) is 0 Å². The van der Waals surface area contributed by atoms with Gasteiger partial charge in [0.1, 0.15) is 11.5 Å². The van der Waals surface area contributed by atoms with Gasteiger partial charge in [-0.2, -0.15) is 0 Å². The molecule has 3 aromatic heterocycles. The predicted molar refractivity (Wildman–Crippen MR) is 133 cm³/mol. The molecule has 0 saturated carbocycles. The molecule has 0 amide bonds. The molecule has 4 aromatic rings. The van der Waals surface area contributed by atoms with Gasteiger partial charge in [-0.1, -0.05) is 11.8 Å². The smallest absolute Gasteiger partial charge is 0.129 e. The highest BCUT2D eigenvalue weighted by molar-refractivity contribution is 7.99. The van der Waals surface area contributed by atoms with Crippen molar-refractivity contribution in [2.45, 2.75) is 9.79 Å². The molecule has 8 bridgehead atoms. The summed E-state index contributed by atoms with van der Waals surface area (Å²) in [4.78, 5) is 17.7. The van der Waals surface area contributed by atoms with Crippen molar-refractivity contribution in [3.05, 3.63) is 83.4 Å². The maximum absolute atomic E-state index is 10.4. The third-order valence-electron chi connectivity index (χ3n) is 5.32. The van der Waals surface area contributed by atoms with Crippen LogP contribution in [-0.2, 0) is 0 Å². The quantitative estimate of drug-likeness (QED) is 0.235. The van der Waals surface area contributed by atoms with Crippen LogP contribution in [0.3, 0.4) is 0 Å². The van der Waals surface area contributed by atoms with Gasteiger partial charge < -0.3 is 20.2 Å². The van der Waals surface area contributed by atoms with E-state index in [1.807, 2.05) is 60.7 Å². The van der Waals surface area contributed by atoms with E-state index in [0.717, 1.165) is 49.7 Å². The minimum absolute atomic E-state index is 0.0833. The minimum atomic E-state index is 0.0833. The SMILES string of the molecule is Oc1ccc(O)c(Sc2c3nc(cc4ccc(cc5ccc(cc6nc2C=C6)[nH]5)[nH]4)C=C3)c1. The summed E-state index contributed by atoms with van der Waals surface area (Å²) in [6.07, 6.45) is 7.79. The highest BCUT2D eigenvalue weighted by Crippen LogP contribution is 2.40. The van der Waals surface area contributed by atoms with Gasteiger partial charge in [0, 0.05) is 22.1 Å². The normalized spacial score (nSPS) is 12.4. The Morgan fingerprint density at radius 2 is 1.15 bits per heavy atom. The van der Waals surface area contributed by atoms with Gasteiger partial charge in [0.25, 0.3) is 0 Å². The van der Waals surface area contributed by atoms with E-state index in [1.54, 1.807) is 0 Å². The van der Waals surface area contributed by atoms with E-state index in [0.29, 0.717) is 4.90 Å². The maximum Gasteiger partial charge on any atom is 0.129 e. The van der Waals surface area contributed by atoms with Gasteiger partial charge in [-0.15, -0.1) is 0 Å². The molecule has 0 saturated heterocycles. The van der Waals surface area contributed by atoms with Crippen molar-refractivity contribution in [1.82, 2.24) is 19.9 Å². The van der Waals surface area contributed by atoms with Crippen LogP contribution in [0, 0.1) is 0 Å². The summed E-state index contributed by atoms with van der Waals surface area (Å²) in [7, 11) is 0. The van der Waals surface area contributed by atoms with E-state index < -0.39 is 0 Å². The standard InChI is InChI=1S/C26H18N4O2S/c31-21-7-10-24(32)25(14-21)33-26-22-8-5-19(29-22)12-17-3-1-15(27-17)11-16-2-4-18(28-16)13-20-6-9-23(26)30-20/h1-14,27-28,31-32H. The number of phenolic OH excluding ortho intramolecular Hbond substituents is 2. The molecule has 160 valence electrons. The number of hydrogen-bond acceptors (Lipinski definition) is 5. The lowest BCUT2D eigenvalue weighted by atomic mass is 10.3. The first-order valence-corrected chi connectivity index (χ1v) is 11.2. The number of aromatic hydroxyl groups is 2. The van der Waals surface area contributed by atoms with Crippen LogP contribution < -0.4 is 0 Å². The second kappa shape index (κ2) is 7.72. The van der Waals surface area contributed by atoms with E-state index in [1.165, 1.54) is 30.0 Å². The fraction of sp³-hybridized carbons (Fsp3) is 0. The molecular formula is C26H18N4O2S. The van der Waals surface area contributed by atoms with Crippen molar-refractivity contribution in [3.63, 3.8) is 0 Å². The van der Waals surface area contributed by atoms with Gasteiger partial charge in [0.05, 0.1) is 32.6 Å². The molecule has 0 fully saturated rings. The number of aromatic nitrogens is 4. The first-order chi connectivity index (χ1) is 16.1. The molecule has 0 atom stereocenters. The molecule has 7 heteroatoms. The topological polar surface area (TPSA) is 97.8 Å². The fourth-order valence-electron chi connectivity index (χ4n) is 3.78. The van der Waals surface area contributed by atoms with Gasteiger partial charge in [0.15, 0.2) is 0 Å². The van der Waals surface area contributed by atoms with Crippen molar-refractivity contribution in [1.29, 1.82) is 0 Å². The van der Waals surface area contributed by atoms with Gasteiger partial charge in [-0.3, -0.25) is 0 Å². The number of nitrogens with one attached hydrogen (secondary N) is 2. The number of H-pyrrole nitrogens is 2. The molecule has 4 N–H and O–H groups in total. The Labute approximate surface area is 193 Å². The Hall–Kier alpha value is -4.23. The van der Waals surface area contributed by atoms with Gasteiger partial charge >= 0.3 is 0 Å². The molecule has 33 heavy (non-hydrogen) atoms. The van der Waals surface area contributed by atoms with E-state index in [9.17, 15) is 10.2 Å². The van der Waals surface area contributed by atoms with Gasteiger partial charge in [-0.25, -0.2) is 9.97 Å². The van der Waals surface area contributed by atoms with E-state index in [-0.39, 0.29) is 11.5 Å². The van der Waals surface area contributed by atoms with Crippen molar-refractivity contribution >= 4 is 58.1 Å². The molecule has 1 aromatic carbocycles. The first kappa shape index (κ1) is 19.5. The Bertz CT molecular complexity index is 1540. The lowest BCUT2D eigenvalue weighted by Gasteiger charge is -2.07. The Kier molecular flexibility index (Phi) is 4.55. The summed E-state index contributed by atoms with van der Waals surface area (Å²) in [5.41, 5.74) is 6.98. The molecule has 0 radical (unpaired) electrons. The molecule has 2 aliphatic heterocycles. The van der Waals surface area contributed by atoms with Crippen LogP contribution in [-0.4, -0.2) is 30.1 Å². The second-order valence-corrected chi connectivity index (χ2v) is 8.82. The fourth-order valence-corrected chi connectivity index (χ4v) is 4.79. The first-order valence-electron chi connectivity index (χ1n) is 10.4. The molecule has 0 aliphatic carbocycles. The molecular weight excluding hydrogens is 432 g/mol. The zero-order valence-electron chi connectivity index (χ0n) is 17.3. The average Bonchev–Trinajstić information content (AvgIpc) is 3.59. The van der Waals surface area contributed by atoms with Gasteiger partial charge in [-0.05, 0) is 85.0 Å². The lowest BCUT2D eigenvalue weighted by molar-refractivity contribution is 0.448. The summed E-state index contributed by atoms with van der Waals surface area (Å²) in [5, 5.41) is 20.3. The third kappa shape index (κ3) is 3.90. The Morgan fingerprint density at radius 1 is 0.606 bits per heavy atom. The summed E-state index contributed by atoms with van der Waals surface area (Å²) in [5.74, 6) is 0.170. The van der Waals surface area contributed by atoms with Crippen LogP contribution in [0.15, 0.2) is 70.5 Å². The molecule has 6 rings (SSSR count). The second-order valence-electron chi connectivity index (χ2n) is 7.76. The minimum Gasteiger partial charge on any atom is -0.508 e. The zero-order valence-corrected chi connectivity index (χ0v) is 18.1. The summed E-state index contributed by atoms with van der Waals surface area (Å²) >= 11 is 1.32. The van der Waals surface area contributed by atoms with Crippen LogP contribution in [0.1, 0.15) is 22.8 Å². The largest absolute Gasteiger partial charge is 0.508 e. The number of aromatic amines is 2. The van der Waals surface area contributed by atoms with Crippen molar-refractivity contribution < 1.29 is 10.2 Å². The maximum atomic E-state index is 10.4. The molecule has 5 heterocycles. The van der Waals surface area contributed by atoms with Crippen LogP contribution in [0.2, 0.25) is 0 Å². The Morgan fingerprint density at radius 3 is 1.73 bits per heavy atom. The molecule has 2 aliphatic rings. The summed E-state index contributed by atoms with van der Waals surface area (Å²) in [6.45, 7) is 0. The number of hydrogen-bond donors (Lipinski definition) is 4. The number of rotatable bonds is 2. The Balaban J connectivity index is 1.63. The van der Waals surface area contributed by atoms with E-state index in [4.69, 9.17) is 9.97 Å². The van der Waals surface area contributed by atoms with E-state index >= 15 is 0 Å².